The summed E-state index contributed by atoms with van der Waals surface area (Å²) in [6, 6.07) is 0.705. The first-order chi connectivity index (χ1) is 7.69. The molecule has 16 heavy (non-hydrogen) atoms. The fourth-order valence-corrected chi connectivity index (χ4v) is 2.56. The molecule has 2 atom stereocenters. The smallest absolute Gasteiger partial charge is 0.0113 e. The monoisotopic (exact) mass is 227 g/mol. The first-order valence-electron chi connectivity index (χ1n) is 6.80. The summed E-state index contributed by atoms with van der Waals surface area (Å²) in [4.78, 5) is 5.24. The molecule has 0 bridgehead atoms. The van der Waals surface area contributed by atoms with Crippen molar-refractivity contribution in [2.45, 2.75) is 33.2 Å². The van der Waals surface area contributed by atoms with Crippen LogP contribution >= 0.6 is 0 Å². The van der Waals surface area contributed by atoms with Gasteiger partial charge < -0.3 is 10.2 Å². The van der Waals surface area contributed by atoms with Crippen LogP contribution in [0.3, 0.4) is 0 Å². The zero-order valence-electron chi connectivity index (χ0n) is 11.5. The minimum atomic E-state index is 0.705. The van der Waals surface area contributed by atoms with E-state index in [1.54, 1.807) is 0 Å². The van der Waals surface area contributed by atoms with Crippen LogP contribution in [0.4, 0.5) is 0 Å². The van der Waals surface area contributed by atoms with E-state index in [1.807, 2.05) is 7.05 Å². The highest BCUT2D eigenvalue weighted by Crippen LogP contribution is 2.13. The maximum atomic E-state index is 3.28. The lowest BCUT2D eigenvalue weighted by molar-refractivity contribution is 0.0810. The Hall–Kier alpha value is -0.120. The average Bonchev–Trinajstić information content (AvgIpc) is 2.30. The molecular formula is C13H29N3. The van der Waals surface area contributed by atoms with Gasteiger partial charge in [0.1, 0.15) is 0 Å². The highest BCUT2D eigenvalue weighted by Gasteiger charge is 2.23. The molecule has 1 saturated heterocycles. The molecule has 96 valence electrons. The van der Waals surface area contributed by atoms with Gasteiger partial charge >= 0.3 is 0 Å². The van der Waals surface area contributed by atoms with E-state index in [9.17, 15) is 0 Å². The molecule has 1 aliphatic rings. The minimum absolute atomic E-state index is 0.705. The number of nitrogens with one attached hydrogen (secondary N) is 1. The lowest BCUT2D eigenvalue weighted by Crippen LogP contribution is -2.52. The number of rotatable bonds is 6. The largest absolute Gasteiger partial charge is 0.319 e. The molecule has 0 aromatic rings. The topological polar surface area (TPSA) is 18.5 Å². The molecule has 0 aliphatic carbocycles. The van der Waals surface area contributed by atoms with Gasteiger partial charge in [-0.3, -0.25) is 4.90 Å². The zero-order valence-corrected chi connectivity index (χ0v) is 11.5. The Morgan fingerprint density at radius 3 is 2.25 bits per heavy atom. The third kappa shape index (κ3) is 4.04. The Kier molecular flexibility index (Phi) is 6.32. The first kappa shape index (κ1) is 13.9. The highest BCUT2D eigenvalue weighted by molar-refractivity contribution is 4.79. The SMILES string of the molecule is CCCN1CCN(C(C)C(C)CNC)CC1. The average molecular weight is 227 g/mol. The second kappa shape index (κ2) is 7.25. The van der Waals surface area contributed by atoms with Crippen molar-refractivity contribution >= 4 is 0 Å². The summed E-state index contributed by atoms with van der Waals surface area (Å²) in [5.74, 6) is 0.739. The van der Waals surface area contributed by atoms with Gasteiger partial charge in [-0.25, -0.2) is 0 Å². The third-order valence-electron chi connectivity index (χ3n) is 3.87. The Morgan fingerprint density at radius 2 is 1.75 bits per heavy atom. The molecule has 1 heterocycles. The second-order valence-electron chi connectivity index (χ2n) is 5.15. The van der Waals surface area contributed by atoms with Crippen LogP contribution in [0.15, 0.2) is 0 Å². The Morgan fingerprint density at radius 1 is 1.12 bits per heavy atom. The molecule has 0 amide bonds. The van der Waals surface area contributed by atoms with Crippen LogP contribution in [0.2, 0.25) is 0 Å². The predicted molar refractivity (Wildman–Crippen MR) is 70.9 cm³/mol. The zero-order chi connectivity index (χ0) is 12.0. The lowest BCUT2D eigenvalue weighted by atomic mass is 10.0. The first-order valence-corrected chi connectivity index (χ1v) is 6.80. The van der Waals surface area contributed by atoms with Gasteiger partial charge in [-0.2, -0.15) is 0 Å². The molecule has 3 heteroatoms. The molecular weight excluding hydrogens is 198 g/mol. The van der Waals surface area contributed by atoms with Crippen LogP contribution in [-0.2, 0) is 0 Å². The number of piperazine rings is 1. The highest BCUT2D eigenvalue weighted by atomic mass is 15.3. The normalized spacial score (nSPS) is 23.2. The minimum Gasteiger partial charge on any atom is -0.319 e. The molecule has 1 rings (SSSR count). The fraction of sp³-hybridized carbons (Fsp3) is 1.00. The summed E-state index contributed by atoms with van der Waals surface area (Å²) in [6.45, 7) is 14.4. The molecule has 1 N–H and O–H groups in total. The van der Waals surface area contributed by atoms with Crippen molar-refractivity contribution in [3.8, 4) is 0 Å². The van der Waals surface area contributed by atoms with Crippen molar-refractivity contribution < 1.29 is 0 Å². The van der Waals surface area contributed by atoms with Gasteiger partial charge in [0, 0.05) is 32.2 Å². The van der Waals surface area contributed by atoms with Crippen molar-refractivity contribution in [3.63, 3.8) is 0 Å². The van der Waals surface area contributed by atoms with Crippen molar-refractivity contribution in [3.05, 3.63) is 0 Å². The summed E-state index contributed by atoms with van der Waals surface area (Å²) in [6.07, 6.45) is 1.28. The van der Waals surface area contributed by atoms with Crippen molar-refractivity contribution in [1.29, 1.82) is 0 Å². The van der Waals surface area contributed by atoms with E-state index in [4.69, 9.17) is 0 Å². The summed E-state index contributed by atoms with van der Waals surface area (Å²) in [5, 5.41) is 3.28. The van der Waals surface area contributed by atoms with E-state index in [0.717, 1.165) is 12.5 Å². The molecule has 0 aromatic carbocycles. The van der Waals surface area contributed by atoms with Gasteiger partial charge in [0.15, 0.2) is 0 Å². The van der Waals surface area contributed by atoms with E-state index in [1.165, 1.54) is 39.1 Å². The van der Waals surface area contributed by atoms with E-state index >= 15 is 0 Å². The molecule has 3 nitrogen and oxygen atoms in total. The molecule has 0 radical (unpaired) electrons. The van der Waals surface area contributed by atoms with Crippen LogP contribution in [0.1, 0.15) is 27.2 Å². The quantitative estimate of drug-likeness (QED) is 0.737. The number of hydrogen-bond acceptors (Lipinski definition) is 3. The summed E-state index contributed by atoms with van der Waals surface area (Å²) in [5.41, 5.74) is 0. The maximum Gasteiger partial charge on any atom is 0.0113 e. The molecule has 0 saturated carbocycles. The summed E-state index contributed by atoms with van der Waals surface area (Å²) >= 11 is 0. The Labute approximate surface area is 101 Å². The van der Waals surface area contributed by atoms with E-state index in [2.05, 4.69) is 35.9 Å². The van der Waals surface area contributed by atoms with Gasteiger partial charge in [-0.1, -0.05) is 13.8 Å². The second-order valence-corrected chi connectivity index (χ2v) is 5.15. The van der Waals surface area contributed by atoms with E-state index in [-0.39, 0.29) is 0 Å². The van der Waals surface area contributed by atoms with Crippen molar-refractivity contribution in [1.82, 2.24) is 15.1 Å². The Balaban J connectivity index is 2.29. The van der Waals surface area contributed by atoms with Crippen molar-refractivity contribution in [2.75, 3.05) is 46.3 Å². The van der Waals surface area contributed by atoms with Crippen LogP contribution in [0, 0.1) is 5.92 Å². The number of nitrogens with zero attached hydrogens (tertiary/aromatic N) is 2. The van der Waals surface area contributed by atoms with E-state index < -0.39 is 0 Å². The third-order valence-corrected chi connectivity index (χ3v) is 3.87. The standard InChI is InChI=1S/C13H29N3/c1-5-6-15-7-9-16(10-8-15)13(3)12(2)11-14-4/h12-14H,5-11H2,1-4H3. The van der Waals surface area contributed by atoms with Crippen LogP contribution in [0.5, 0.6) is 0 Å². The molecule has 0 spiro atoms. The van der Waals surface area contributed by atoms with Gasteiger partial charge in [-0.15, -0.1) is 0 Å². The van der Waals surface area contributed by atoms with Crippen LogP contribution in [0.25, 0.3) is 0 Å². The molecule has 2 unspecified atom stereocenters. The molecule has 1 aliphatic heterocycles. The molecule has 0 aromatic heterocycles. The van der Waals surface area contributed by atoms with Crippen LogP contribution in [-0.4, -0.2) is 62.2 Å². The predicted octanol–water partition coefficient (Wildman–Crippen LogP) is 1.26. The van der Waals surface area contributed by atoms with Crippen LogP contribution < -0.4 is 5.32 Å². The summed E-state index contributed by atoms with van der Waals surface area (Å²) < 4.78 is 0. The molecule has 1 fully saturated rings. The van der Waals surface area contributed by atoms with Gasteiger partial charge in [0.2, 0.25) is 0 Å². The van der Waals surface area contributed by atoms with Gasteiger partial charge in [-0.05, 0) is 39.4 Å². The van der Waals surface area contributed by atoms with Crippen molar-refractivity contribution in [2.24, 2.45) is 5.92 Å². The van der Waals surface area contributed by atoms with Gasteiger partial charge in [0.05, 0.1) is 0 Å². The maximum absolute atomic E-state index is 3.28. The Bertz CT molecular complexity index is 176. The summed E-state index contributed by atoms with van der Waals surface area (Å²) in [7, 11) is 2.04. The number of hydrogen-bond donors (Lipinski definition) is 1. The lowest BCUT2D eigenvalue weighted by Gasteiger charge is -2.40. The van der Waals surface area contributed by atoms with E-state index in [0.29, 0.717) is 6.04 Å². The fourth-order valence-electron chi connectivity index (χ4n) is 2.56. The van der Waals surface area contributed by atoms with Gasteiger partial charge in [0.25, 0.3) is 0 Å².